The molecule has 0 unspecified atom stereocenters. The summed E-state index contributed by atoms with van der Waals surface area (Å²) in [6, 6.07) is 4.10. The van der Waals surface area contributed by atoms with Crippen LogP contribution in [0.2, 0.25) is 0 Å². The molecule has 0 N–H and O–H groups in total. The van der Waals surface area contributed by atoms with E-state index in [1.54, 1.807) is 11.3 Å². The Morgan fingerprint density at radius 3 is 2.58 bits per heavy atom. The Bertz CT molecular complexity index is 298. The highest BCUT2D eigenvalue weighted by atomic mass is 79.9. The number of rotatable bonds is 0. The molecule has 0 amide bonds. The molecule has 68 valence electrons. The van der Waals surface area contributed by atoms with Gasteiger partial charge in [0.15, 0.2) is 0 Å². The van der Waals surface area contributed by atoms with Crippen molar-refractivity contribution in [1.82, 2.24) is 4.98 Å². The van der Waals surface area contributed by atoms with Crippen LogP contribution in [0.1, 0.15) is 1.43 Å². The Labute approximate surface area is 108 Å². The predicted octanol–water partition coefficient (Wildman–Crippen LogP) is 4.14. The molecule has 0 bridgehead atoms. The summed E-state index contributed by atoms with van der Waals surface area (Å²) in [5.74, 6) is 0. The maximum Gasteiger partial charge on any atom is 1.00 e. The first-order valence-electron chi connectivity index (χ1n) is 2.74. The van der Waals surface area contributed by atoms with Gasteiger partial charge in [-0.25, -0.2) is 0 Å². The van der Waals surface area contributed by atoms with Gasteiger partial charge in [0.25, 0.3) is 0 Å². The predicted molar refractivity (Wildman–Crippen MR) is 71.7 cm³/mol. The maximum absolute atomic E-state index is 3.99. The van der Waals surface area contributed by atoms with Crippen LogP contribution >= 0.6 is 62.3 Å². The number of hydrogen-bond acceptors (Lipinski definition) is 2. The summed E-state index contributed by atoms with van der Waals surface area (Å²) in [7, 11) is 0. The number of thiophene rings is 1. The molecule has 0 aliphatic carbocycles. The molecule has 0 spiro atoms. The minimum atomic E-state index is 0. The molecule has 5 heteroatoms. The first-order valence-corrected chi connectivity index (χ1v) is 3.62. The third-order valence-corrected chi connectivity index (χ3v) is 2.15. The molecule has 2 aromatic rings. The van der Waals surface area contributed by atoms with Crippen LogP contribution in [-0.2, 0) is 0 Å². The van der Waals surface area contributed by atoms with Crippen LogP contribution < -0.4 is 0 Å². The summed E-state index contributed by atoms with van der Waals surface area (Å²) in [6.07, 6.45) is 3.70. The van der Waals surface area contributed by atoms with Crippen molar-refractivity contribution >= 4 is 72.4 Å². The van der Waals surface area contributed by atoms with Crippen LogP contribution in [0.5, 0.6) is 0 Å². The third-order valence-electron chi connectivity index (χ3n) is 1.25. The quantitative estimate of drug-likeness (QED) is 0.671. The van der Waals surface area contributed by atoms with Gasteiger partial charge in [0.05, 0.1) is 0 Å². The Morgan fingerprint density at radius 1 is 1.17 bits per heavy atom. The zero-order valence-corrected chi connectivity index (χ0v) is 11.9. The van der Waals surface area contributed by atoms with Crippen LogP contribution in [0.4, 0.5) is 0 Å². The summed E-state index contributed by atoms with van der Waals surface area (Å²) in [4.78, 5) is 3.99. The Balaban J connectivity index is -0.000000250. The van der Waals surface area contributed by atoms with Crippen molar-refractivity contribution in [2.24, 2.45) is 0 Å². The molecular formula is C7H9Br3NS+. The van der Waals surface area contributed by atoms with Crippen molar-refractivity contribution in [2.45, 2.75) is 0 Å². The van der Waals surface area contributed by atoms with E-state index in [4.69, 9.17) is 0 Å². The molecule has 1 nitrogen and oxygen atoms in total. The monoisotopic (exact) mass is 376 g/mol. The van der Waals surface area contributed by atoms with Crippen molar-refractivity contribution in [1.29, 1.82) is 0 Å². The second kappa shape index (κ2) is 7.00. The highest BCUT2D eigenvalue weighted by Gasteiger charge is 1.88. The van der Waals surface area contributed by atoms with E-state index in [1.165, 1.54) is 10.1 Å². The van der Waals surface area contributed by atoms with Crippen LogP contribution in [0.15, 0.2) is 29.9 Å². The maximum atomic E-state index is 3.99. The highest BCUT2D eigenvalue weighted by molar-refractivity contribution is 8.93. The third kappa shape index (κ3) is 3.12. The lowest BCUT2D eigenvalue weighted by molar-refractivity contribution is 1.37. The summed E-state index contributed by atoms with van der Waals surface area (Å²) < 4.78 is 1.31. The number of nitrogens with zero attached hydrogens (tertiary/aromatic N) is 1. The number of hydrogen-bond donors (Lipinski definition) is 0. The number of aromatic nitrogens is 1. The van der Waals surface area contributed by atoms with Gasteiger partial charge in [0.1, 0.15) is 0 Å². The molecule has 12 heavy (non-hydrogen) atoms. The van der Waals surface area contributed by atoms with Crippen molar-refractivity contribution < 1.29 is 1.43 Å². The lowest BCUT2D eigenvalue weighted by Crippen LogP contribution is -1.64. The number of halogens is 3. The van der Waals surface area contributed by atoms with Gasteiger partial charge in [-0.3, -0.25) is 4.98 Å². The van der Waals surface area contributed by atoms with Crippen LogP contribution in [0, 0.1) is 0 Å². The van der Waals surface area contributed by atoms with Gasteiger partial charge in [-0.1, -0.05) is 0 Å². The second-order valence-electron chi connectivity index (χ2n) is 1.83. The topological polar surface area (TPSA) is 12.9 Å². The Kier molecular flexibility index (Phi) is 8.78. The van der Waals surface area contributed by atoms with Crippen molar-refractivity contribution in [3.63, 3.8) is 0 Å². The molecule has 0 atom stereocenters. The van der Waals surface area contributed by atoms with Crippen molar-refractivity contribution in [3.05, 3.63) is 29.9 Å². The molecular weight excluding hydrogens is 370 g/mol. The summed E-state index contributed by atoms with van der Waals surface area (Å²) in [6.45, 7) is 0. The summed E-state index contributed by atoms with van der Waals surface area (Å²) in [5.41, 5.74) is 0. The van der Waals surface area contributed by atoms with Gasteiger partial charge >= 0.3 is 1.43 Å². The summed E-state index contributed by atoms with van der Waals surface area (Å²) >= 11 is 1.75. The van der Waals surface area contributed by atoms with Gasteiger partial charge in [0, 0.05) is 22.5 Å². The minimum Gasteiger partial charge on any atom is -0.264 e. The zero-order chi connectivity index (χ0) is 6.10. The first-order chi connectivity index (χ1) is 4.47. The smallest absolute Gasteiger partial charge is 0.264 e. The van der Waals surface area contributed by atoms with Gasteiger partial charge in [-0.05, 0) is 17.5 Å². The number of pyridine rings is 1. The van der Waals surface area contributed by atoms with Gasteiger partial charge in [-0.2, -0.15) is 0 Å². The molecule has 2 rings (SSSR count). The molecule has 0 aliphatic rings. The highest BCUT2D eigenvalue weighted by Crippen LogP contribution is 2.17. The van der Waals surface area contributed by atoms with Crippen LogP contribution in [0.25, 0.3) is 10.1 Å². The molecule has 0 fully saturated rings. The fourth-order valence-corrected chi connectivity index (χ4v) is 1.56. The first kappa shape index (κ1) is 15.0. The average molecular weight is 379 g/mol. The van der Waals surface area contributed by atoms with Crippen molar-refractivity contribution in [3.8, 4) is 0 Å². The van der Waals surface area contributed by atoms with E-state index in [9.17, 15) is 0 Å². The Hall–Kier alpha value is 0.550. The SMILES string of the molecule is Br.Br.Br.[H+].c1cc2sccc2cn1. The molecule has 0 radical (unpaired) electrons. The molecule has 2 aromatic heterocycles. The van der Waals surface area contributed by atoms with Crippen molar-refractivity contribution in [2.75, 3.05) is 0 Å². The van der Waals surface area contributed by atoms with Gasteiger partial charge < -0.3 is 0 Å². The van der Waals surface area contributed by atoms with E-state index in [2.05, 4.69) is 16.4 Å². The Morgan fingerprint density at radius 2 is 1.92 bits per heavy atom. The fourth-order valence-electron chi connectivity index (χ4n) is 0.807. The lowest BCUT2D eigenvalue weighted by Gasteiger charge is -1.81. The van der Waals surface area contributed by atoms with Crippen LogP contribution in [0.3, 0.4) is 0 Å². The molecule has 0 saturated carbocycles. The normalized spacial score (nSPS) is 7.67. The molecule has 0 aliphatic heterocycles. The van der Waals surface area contributed by atoms with E-state index in [-0.39, 0.29) is 52.4 Å². The minimum absolute atomic E-state index is 0. The van der Waals surface area contributed by atoms with E-state index < -0.39 is 0 Å². The van der Waals surface area contributed by atoms with E-state index in [1.807, 2.05) is 18.5 Å². The average Bonchev–Trinajstić information content (AvgIpc) is 2.33. The number of fused-ring (bicyclic) bond motifs is 1. The standard InChI is InChI=1S/C7H5NS.3BrH/c1-3-8-5-6-2-4-9-7(1)6;;;/h1-5H;3*1H/p+1. The van der Waals surface area contributed by atoms with E-state index in [0.717, 1.165) is 0 Å². The fraction of sp³-hybridized carbons (Fsp3) is 0. The summed E-state index contributed by atoms with van der Waals surface area (Å²) in [5, 5.41) is 3.31. The molecule has 2 heterocycles. The largest absolute Gasteiger partial charge is 1.00 e. The molecule has 0 aromatic carbocycles. The van der Waals surface area contributed by atoms with Crippen LogP contribution in [-0.4, -0.2) is 4.98 Å². The van der Waals surface area contributed by atoms with E-state index in [0.29, 0.717) is 0 Å². The molecule has 0 saturated heterocycles. The zero-order valence-electron chi connectivity index (χ0n) is 6.97. The van der Waals surface area contributed by atoms with E-state index >= 15 is 0 Å². The second-order valence-corrected chi connectivity index (χ2v) is 2.78. The van der Waals surface area contributed by atoms with Gasteiger partial charge in [0.2, 0.25) is 0 Å². The van der Waals surface area contributed by atoms with Gasteiger partial charge in [-0.15, -0.1) is 62.3 Å². The lowest BCUT2D eigenvalue weighted by atomic mass is 10.4.